The number of hydrogen-bond acceptors (Lipinski definition) is 1. The van der Waals surface area contributed by atoms with Gasteiger partial charge in [0.15, 0.2) is 0 Å². The van der Waals surface area contributed by atoms with Gasteiger partial charge in [0, 0.05) is 12.1 Å². The Labute approximate surface area is 91.3 Å². The quantitative estimate of drug-likeness (QED) is 0.540. The fourth-order valence-electron chi connectivity index (χ4n) is 0.683. The van der Waals surface area contributed by atoms with Crippen LogP contribution >= 0.6 is 23.2 Å². The predicted octanol–water partition coefficient (Wildman–Crippen LogP) is 2.71. The Morgan fingerprint density at radius 3 is 2.31 bits per heavy atom. The smallest absolute Gasteiger partial charge is 0.144 e. The summed E-state index contributed by atoms with van der Waals surface area (Å²) in [7, 11) is -1.20. The normalized spacial score (nSPS) is 29.2. The van der Waals surface area contributed by atoms with Crippen LogP contribution in [-0.4, -0.2) is 19.5 Å². The molecule has 1 aliphatic rings. The van der Waals surface area contributed by atoms with Gasteiger partial charge in [0.1, 0.15) is 15.3 Å². The van der Waals surface area contributed by atoms with Gasteiger partial charge in [-0.2, -0.15) is 4.40 Å². The van der Waals surface area contributed by atoms with E-state index in [1.165, 1.54) is 0 Å². The molecule has 0 radical (unpaired) electrons. The van der Waals surface area contributed by atoms with E-state index < -0.39 is 15.3 Å². The molecule has 0 spiro atoms. The molecule has 5 heteroatoms. The second kappa shape index (κ2) is 3.52. The molecule has 0 saturated heterocycles. The average Bonchev–Trinajstić information content (AvgIpc) is 2.52. The molecule has 1 saturated carbocycles. The molecule has 1 unspecified atom stereocenters. The first-order valence-corrected chi connectivity index (χ1v) is 5.94. The van der Waals surface area contributed by atoms with E-state index in [2.05, 4.69) is 4.40 Å². The topological polar surface area (TPSA) is 29.4 Å². The minimum atomic E-state index is -1.20. The van der Waals surface area contributed by atoms with Crippen LogP contribution in [0.3, 0.4) is 0 Å². The molecule has 0 bridgehead atoms. The van der Waals surface area contributed by atoms with Crippen LogP contribution in [0.2, 0.25) is 0 Å². The molecular formula is C8H13Cl2NOS. The number of rotatable bonds is 2. The Morgan fingerprint density at radius 1 is 1.54 bits per heavy atom. The van der Waals surface area contributed by atoms with E-state index in [1.807, 2.05) is 20.8 Å². The van der Waals surface area contributed by atoms with Gasteiger partial charge < -0.3 is 0 Å². The SMILES string of the molecule is CC(C)(C)S(=O)N=C[C@H]1CC1(Cl)Cl. The molecule has 0 amide bonds. The molecule has 76 valence electrons. The zero-order valence-corrected chi connectivity index (χ0v) is 10.2. The number of halogens is 2. The third-order valence-electron chi connectivity index (χ3n) is 1.73. The first-order valence-electron chi connectivity index (χ1n) is 4.07. The summed E-state index contributed by atoms with van der Waals surface area (Å²) < 4.78 is 14.4. The average molecular weight is 242 g/mol. The fourth-order valence-corrected chi connectivity index (χ4v) is 1.70. The van der Waals surface area contributed by atoms with E-state index in [-0.39, 0.29) is 10.7 Å². The largest absolute Gasteiger partial charge is 0.234 e. The van der Waals surface area contributed by atoms with Crippen LogP contribution in [0.4, 0.5) is 0 Å². The summed E-state index contributed by atoms with van der Waals surface area (Å²) in [5.41, 5.74) is 0. The van der Waals surface area contributed by atoms with Gasteiger partial charge in [0.05, 0.1) is 4.75 Å². The highest BCUT2D eigenvalue weighted by Gasteiger charge is 2.50. The molecular weight excluding hydrogens is 229 g/mol. The number of hydrogen-bond donors (Lipinski definition) is 0. The van der Waals surface area contributed by atoms with E-state index in [9.17, 15) is 4.21 Å². The highest BCUT2D eigenvalue weighted by atomic mass is 35.5. The van der Waals surface area contributed by atoms with Crippen LogP contribution in [-0.2, 0) is 11.0 Å². The first kappa shape index (κ1) is 11.5. The van der Waals surface area contributed by atoms with Crippen LogP contribution in [0, 0.1) is 5.92 Å². The minimum absolute atomic E-state index is 0.0714. The van der Waals surface area contributed by atoms with Crippen molar-refractivity contribution in [2.24, 2.45) is 10.3 Å². The lowest BCUT2D eigenvalue weighted by Crippen LogP contribution is -2.19. The number of alkyl halides is 2. The molecule has 2 atom stereocenters. The summed E-state index contributed by atoms with van der Waals surface area (Å²) in [6.45, 7) is 5.63. The Morgan fingerprint density at radius 2 is 2.00 bits per heavy atom. The van der Waals surface area contributed by atoms with Crippen LogP contribution in [0.5, 0.6) is 0 Å². The standard InChI is InChI=1S/C8H13Cl2NOS/c1-7(2,3)13(12)11-5-6-4-8(6,9)10/h5-6H,4H2,1-3H3/t6-,13?/m1/s1. The summed E-state index contributed by atoms with van der Waals surface area (Å²) in [6, 6.07) is 0. The molecule has 0 aromatic heterocycles. The summed E-state index contributed by atoms with van der Waals surface area (Å²) >= 11 is 11.6. The van der Waals surface area contributed by atoms with Crippen LogP contribution in [0.25, 0.3) is 0 Å². The van der Waals surface area contributed by atoms with Crippen LogP contribution in [0.1, 0.15) is 27.2 Å². The van der Waals surface area contributed by atoms with Gasteiger partial charge in [-0.3, -0.25) is 0 Å². The molecule has 1 aliphatic carbocycles. The molecule has 0 aromatic rings. The van der Waals surface area contributed by atoms with Crippen molar-refractivity contribution in [3.8, 4) is 0 Å². The zero-order valence-electron chi connectivity index (χ0n) is 7.88. The maximum absolute atomic E-state index is 11.4. The van der Waals surface area contributed by atoms with E-state index in [4.69, 9.17) is 23.2 Å². The lowest BCUT2D eigenvalue weighted by atomic mass is 10.3. The van der Waals surface area contributed by atoms with Crippen molar-refractivity contribution in [1.82, 2.24) is 0 Å². The van der Waals surface area contributed by atoms with Crippen molar-refractivity contribution in [2.75, 3.05) is 0 Å². The second-order valence-electron chi connectivity index (χ2n) is 4.19. The Kier molecular flexibility index (Phi) is 3.11. The van der Waals surface area contributed by atoms with Crippen LogP contribution in [0.15, 0.2) is 4.40 Å². The molecule has 0 N–H and O–H groups in total. The Hall–Kier alpha value is 0.400. The van der Waals surface area contributed by atoms with Crippen molar-refractivity contribution >= 4 is 40.4 Å². The fraction of sp³-hybridized carbons (Fsp3) is 0.875. The van der Waals surface area contributed by atoms with E-state index in [1.54, 1.807) is 6.21 Å². The van der Waals surface area contributed by atoms with E-state index >= 15 is 0 Å². The first-order chi connectivity index (χ1) is 5.73. The summed E-state index contributed by atoms with van der Waals surface area (Å²) in [5.74, 6) is 0.0714. The van der Waals surface area contributed by atoms with Gasteiger partial charge in [-0.15, -0.1) is 23.2 Å². The van der Waals surface area contributed by atoms with Crippen molar-refractivity contribution in [3.63, 3.8) is 0 Å². The summed E-state index contributed by atoms with van der Waals surface area (Å²) in [6.07, 6.45) is 2.32. The molecule has 1 rings (SSSR count). The van der Waals surface area contributed by atoms with Crippen molar-refractivity contribution in [1.29, 1.82) is 0 Å². The lowest BCUT2D eigenvalue weighted by molar-refractivity contribution is 0.650. The van der Waals surface area contributed by atoms with Gasteiger partial charge in [-0.05, 0) is 27.2 Å². The molecule has 0 aromatic carbocycles. The molecule has 1 fully saturated rings. The molecule has 13 heavy (non-hydrogen) atoms. The summed E-state index contributed by atoms with van der Waals surface area (Å²) in [5, 5.41) is 0. The lowest BCUT2D eigenvalue weighted by Gasteiger charge is -2.12. The van der Waals surface area contributed by atoms with Crippen LogP contribution < -0.4 is 0 Å². The van der Waals surface area contributed by atoms with E-state index in [0.717, 1.165) is 0 Å². The number of nitrogens with zero attached hydrogens (tertiary/aromatic N) is 1. The van der Waals surface area contributed by atoms with E-state index in [0.29, 0.717) is 6.42 Å². The van der Waals surface area contributed by atoms with Crippen molar-refractivity contribution in [3.05, 3.63) is 0 Å². The third-order valence-corrected chi connectivity index (χ3v) is 3.96. The Bertz CT molecular complexity index is 257. The minimum Gasteiger partial charge on any atom is -0.234 e. The van der Waals surface area contributed by atoms with Gasteiger partial charge in [-0.25, -0.2) is 4.21 Å². The van der Waals surface area contributed by atoms with Gasteiger partial charge in [0.25, 0.3) is 0 Å². The molecule has 2 nitrogen and oxygen atoms in total. The maximum Gasteiger partial charge on any atom is 0.144 e. The predicted molar refractivity (Wildman–Crippen MR) is 58.9 cm³/mol. The van der Waals surface area contributed by atoms with Crippen molar-refractivity contribution in [2.45, 2.75) is 36.3 Å². The van der Waals surface area contributed by atoms with Crippen molar-refractivity contribution < 1.29 is 4.21 Å². The monoisotopic (exact) mass is 241 g/mol. The second-order valence-corrected chi connectivity index (χ2v) is 7.66. The van der Waals surface area contributed by atoms with Gasteiger partial charge in [0.2, 0.25) is 0 Å². The molecule has 0 heterocycles. The molecule has 0 aliphatic heterocycles. The highest BCUT2D eigenvalue weighted by molar-refractivity contribution is 7.85. The zero-order chi connectivity index (χ0) is 10.3. The Balaban J connectivity index is 2.47. The van der Waals surface area contributed by atoms with Gasteiger partial charge in [-0.1, -0.05) is 0 Å². The summed E-state index contributed by atoms with van der Waals surface area (Å²) in [4.78, 5) is 0. The highest BCUT2D eigenvalue weighted by Crippen LogP contribution is 2.52. The van der Waals surface area contributed by atoms with Gasteiger partial charge >= 0.3 is 0 Å². The maximum atomic E-state index is 11.4. The third kappa shape index (κ3) is 3.22.